The van der Waals surface area contributed by atoms with Gasteiger partial charge in [0.2, 0.25) is 10.0 Å². The third-order valence-corrected chi connectivity index (χ3v) is 6.34. The van der Waals surface area contributed by atoms with Gasteiger partial charge in [-0.1, -0.05) is 19.3 Å². The molecule has 22 heavy (non-hydrogen) atoms. The second-order valence-corrected chi connectivity index (χ2v) is 8.14. The number of aromatic nitrogens is 2. The van der Waals surface area contributed by atoms with Crippen molar-refractivity contribution in [1.82, 2.24) is 14.1 Å². The molecule has 0 atom stereocenters. The number of rotatable bonds is 6. The lowest BCUT2D eigenvalue weighted by atomic mass is 9.95. The second kappa shape index (κ2) is 7.10. The SMILES string of the molecule is Cc1nn(C(C)C)cc1S(=O)(=O)N(CCO)C1CCCCC1. The van der Waals surface area contributed by atoms with Crippen LogP contribution in [0.25, 0.3) is 0 Å². The number of aliphatic hydroxyl groups is 1. The van der Waals surface area contributed by atoms with Crippen LogP contribution in [0.3, 0.4) is 0 Å². The summed E-state index contributed by atoms with van der Waals surface area (Å²) in [4.78, 5) is 0.264. The molecule has 7 heteroatoms. The Morgan fingerprint density at radius 1 is 1.36 bits per heavy atom. The van der Waals surface area contributed by atoms with Gasteiger partial charge in [-0.15, -0.1) is 0 Å². The van der Waals surface area contributed by atoms with Crippen molar-refractivity contribution in [2.24, 2.45) is 0 Å². The summed E-state index contributed by atoms with van der Waals surface area (Å²) >= 11 is 0. The number of aliphatic hydroxyl groups excluding tert-OH is 1. The highest BCUT2D eigenvalue weighted by atomic mass is 32.2. The molecule has 1 aliphatic carbocycles. The van der Waals surface area contributed by atoms with Gasteiger partial charge >= 0.3 is 0 Å². The molecule has 126 valence electrons. The monoisotopic (exact) mass is 329 g/mol. The Hall–Kier alpha value is -0.920. The van der Waals surface area contributed by atoms with E-state index in [4.69, 9.17) is 0 Å². The summed E-state index contributed by atoms with van der Waals surface area (Å²) < 4.78 is 29.2. The summed E-state index contributed by atoms with van der Waals surface area (Å²) in [6.07, 6.45) is 6.61. The highest BCUT2D eigenvalue weighted by molar-refractivity contribution is 7.89. The summed E-state index contributed by atoms with van der Waals surface area (Å²) in [7, 11) is -3.62. The van der Waals surface area contributed by atoms with Gasteiger partial charge in [-0.2, -0.15) is 9.40 Å². The van der Waals surface area contributed by atoms with Crippen molar-refractivity contribution in [3.8, 4) is 0 Å². The van der Waals surface area contributed by atoms with Crippen LogP contribution in [-0.2, 0) is 10.0 Å². The minimum Gasteiger partial charge on any atom is -0.395 e. The van der Waals surface area contributed by atoms with Crippen LogP contribution < -0.4 is 0 Å². The van der Waals surface area contributed by atoms with Gasteiger partial charge in [0.25, 0.3) is 0 Å². The number of hydrogen-bond donors (Lipinski definition) is 1. The molecule has 0 radical (unpaired) electrons. The lowest BCUT2D eigenvalue weighted by molar-refractivity contribution is 0.199. The van der Waals surface area contributed by atoms with Crippen molar-refractivity contribution >= 4 is 10.0 Å². The third-order valence-electron chi connectivity index (χ3n) is 4.29. The van der Waals surface area contributed by atoms with Gasteiger partial charge in [-0.25, -0.2) is 8.42 Å². The average Bonchev–Trinajstić information content (AvgIpc) is 2.88. The number of hydrogen-bond acceptors (Lipinski definition) is 4. The van der Waals surface area contributed by atoms with E-state index in [1.165, 1.54) is 4.31 Å². The Morgan fingerprint density at radius 3 is 2.50 bits per heavy atom. The zero-order valence-corrected chi connectivity index (χ0v) is 14.5. The number of aryl methyl sites for hydroxylation is 1. The molecule has 1 N–H and O–H groups in total. The first-order chi connectivity index (χ1) is 10.4. The highest BCUT2D eigenvalue weighted by Gasteiger charge is 2.34. The summed E-state index contributed by atoms with van der Waals surface area (Å²) in [6.45, 7) is 5.65. The van der Waals surface area contributed by atoms with Crippen LogP contribution in [0.15, 0.2) is 11.1 Å². The smallest absolute Gasteiger partial charge is 0.246 e. The lowest BCUT2D eigenvalue weighted by Crippen LogP contribution is -2.43. The molecule has 0 saturated heterocycles. The van der Waals surface area contributed by atoms with Gasteiger partial charge in [-0.05, 0) is 33.6 Å². The van der Waals surface area contributed by atoms with E-state index < -0.39 is 10.0 Å². The van der Waals surface area contributed by atoms with Crippen LogP contribution in [0, 0.1) is 6.92 Å². The Bertz CT molecular complexity index is 589. The van der Waals surface area contributed by atoms with Crippen molar-refractivity contribution in [2.75, 3.05) is 13.2 Å². The van der Waals surface area contributed by atoms with Crippen molar-refractivity contribution in [3.63, 3.8) is 0 Å². The quantitative estimate of drug-likeness (QED) is 0.867. The topological polar surface area (TPSA) is 75.4 Å². The van der Waals surface area contributed by atoms with Crippen LogP contribution >= 0.6 is 0 Å². The van der Waals surface area contributed by atoms with Gasteiger partial charge in [0.05, 0.1) is 12.3 Å². The molecular formula is C15H27N3O3S. The Balaban J connectivity index is 2.36. The zero-order valence-electron chi connectivity index (χ0n) is 13.7. The molecule has 0 amide bonds. The predicted molar refractivity (Wildman–Crippen MR) is 85.2 cm³/mol. The Labute approximate surface area is 133 Å². The molecule has 0 bridgehead atoms. The third kappa shape index (κ3) is 3.52. The maximum atomic E-state index is 13.0. The van der Waals surface area contributed by atoms with Crippen molar-refractivity contribution < 1.29 is 13.5 Å². The highest BCUT2D eigenvalue weighted by Crippen LogP contribution is 2.29. The molecule has 1 fully saturated rings. The van der Waals surface area contributed by atoms with Gasteiger partial charge in [0.1, 0.15) is 4.90 Å². The summed E-state index contributed by atoms with van der Waals surface area (Å²) in [5, 5.41) is 13.6. The van der Waals surface area contributed by atoms with Gasteiger partial charge in [0, 0.05) is 24.8 Å². The first-order valence-electron chi connectivity index (χ1n) is 8.06. The largest absolute Gasteiger partial charge is 0.395 e. The van der Waals surface area contributed by atoms with Crippen molar-refractivity contribution in [2.45, 2.75) is 69.9 Å². The van der Waals surface area contributed by atoms with E-state index in [9.17, 15) is 13.5 Å². The molecule has 2 rings (SSSR count). The molecule has 1 aliphatic rings. The van der Waals surface area contributed by atoms with Crippen LogP contribution in [-0.4, -0.2) is 46.8 Å². The van der Waals surface area contributed by atoms with Gasteiger partial charge in [-0.3, -0.25) is 4.68 Å². The van der Waals surface area contributed by atoms with Gasteiger partial charge in [0.15, 0.2) is 0 Å². The van der Waals surface area contributed by atoms with E-state index in [1.807, 2.05) is 13.8 Å². The summed E-state index contributed by atoms with van der Waals surface area (Å²) in [5.74, 6) is 0. The minimum atomic E-state index is -3.62. The van der Waals surface area contributed by atoms with Gasteiger partial charge < -0.3 is 5.11 Å². The maximum Gasteiger partial charge on any atom is 0.246 e. The molecule has 0 aliphatic heterocycles. The van der Waals surface area contributed by atoms with Crippen LogP contribution in [0.4, 0.5) is 0 Å². The molecule has 1 aromatic heterocycles. The normalized spacial score (nSPS) is 17.5. The van der Waals surface area contributed by atoms with E-state index in [0.717, 1.165) is 32.1 Å². The number of nitrogens with zero attached hydrogens (tertiary/aromatic N) is 3. The fraction of sp³-hybridized carbons (Fsp3) is 0.800. The number of sulfonamides is 1. The van der Waals surface area contributed by atoms with Crippen LogP contribution in [0.1, 0.15) is 57.7 Å². The molecule has 0 aromatic carbocycles. The Morgan fingerprint density at radius 2 is 2.00 bits per heavy atom. The second-order valence-electron chi connectivity index (χ2n) is 6.28. The van der Waals surface area contributed by atoms with Crippen molar-refractivity contribution in [3.05, 3.63) is 11.9 Å². The lowest BCUT2D eigenvalue weighted by Gasteiger charge is -2.32. The molecule has 0 unspecified atom stereocenters. The summed E-state index contributed by atoms with van der Waals surface area (Å²) in [6, 6.07) is 0.108. The maximum absolute atomic E-state index is 13.0. The van der Waals surface area contributed by atoms with E-state index in [0.29, 0.717) is 5.69 Å². The summed E-state index contributed by atoms with van der Waals surface area (Å²) in [5.41, 5.74) is 0.521. The first kappa shape index (κ1) is 17.4. The Kier molecular flexibility index (Phi) is 5.63. The fourth-order valence-electron chi connectivity index (χ4n) is 3.08. The fourth-order valence-corrected chi connectivity index (χ4v) is 4.91. The minimum absolute atomic E-state index is 0.00676. The predicted octanol–water partition coefficient (Wildman–Crippen LogP) is 2.09. The molecule has 1 aromatic rings. The molecule has 1 heterocycles. The van der Waals surface area contributed by atoms with Crippen molar-refractivity contribution in [1.29, 1.82) is 0 Å². The molecule has 0 spiro atoms. The molecule has 1 saturated carbocycles. The van der Waals surface area contributed by atoms with E-state index in [-0.39, 0.29) is 30.1 Å². The average molecular weight is 329 g/mol. The molecule has 6 nitrogen and oxygen atoms in total. The van der Waals surface area contributed by atoms with E-state index in [1.54, 1.807) is 17.8 Å². The van der Waals surface area contributed by atoms with E-state index in [2.05, 4.69) is 5.10 Å². The van der Waals surface area contributed by atoms with Crippen LogP contribution in [0.2, 0.25) is 0 Å². The van der Waals surface area contributed by atoms with Crippen LogP contribution in [0.5, 0.6) is 0 Å². The molecular weight excluding hydrogens is 302 g/mol. The zero-order chi connectivity index (χ0) is 16.3. The standard InChI is InChI=1S/C15H27N3O3S/c1-12(2)17-11-15(13(3)16-17)22(20,21)18(9-10-19)14-7-5-4-6-8-14/h11-12,14,19H,4-10H2,1-3H3. The van der Waals surface area contributed by atoms with E-state index >= 15 is 0 Å². The first-order valence-corrected chi connectivity index (χ1v) is 9.50.